The summed E-state index contributed by atoms with van der Waals surface area (Å²) in [6, 6.07) is 0. The fraction of sp³-hybridized carbons (Fsp3) is 0.943. The topological polar surface area (TPSA) is 76.1 Å². The first-order valence-electron chi connectivity index (χ1n) is 17.8. The summed E-state index contributed by atoms with van der Waals surface area (Å²) < 4.78 is 10.8. The Morgan fingerprint density at radius 1 is 0.463 bits per heavy atom. The van der Waals surface area contributed by atoms with Crippen LogP contribution in [0.15, 0.2) is 0 Å². The summed E-state index contributed by atoms with van der Waals surface area (Å²) in [5.74, 6) is -0.0641. The van der Waals surface area contributed by atoms with E-state index >= 15 is 0 Å². The second kappa shape index (κ2) is 33.4. The summed E-state index contributed by atoms with van der Waals surface area (Å²) in [5.41, 5.74) is 0. The molecular formula is C35H69NO5. The maximum absolute atomic E-state index is 11.9. The van der Waals surface area contributed by atoms with Crippen molar-refractivity contribution in [3.63, 3.8) is 0 Å². The fourth-order valence-electron chi connectivity index (χ4n) is 5.18. The van der Waals surface area contributed by atoms with Crippen LogP contribution in [-0.2, 0) is 19.1 Å². The third-order valence-electron chi connectivity index (χ3n) is 7.86. The molecule has 0 amide bonds. The number of nitrogens with zero attached hydrogens (tertiary/aromatic N) is 1. The first kappa shape index (κ1) is 39.9. The number of esters is 2. The van der Waals surface area contributed by atoms with E-state index in [9.17, 15) is 14.7 Å². The van der Waals surface area contributed by atoms with Gasteiger partial charge in [-0.2, -0.15) is 0 Å². The molecule has 244 valence electrons. The third-order valence-corrected chi connectivity index (χ3v) is 7.86. The summed E-state index contributed by atoms with van der Waals surface area (Å²) in [6.07, 6.45) is 27.7. The highest BCUT2D eigenvalue weighted by Gasteiger charge is 2.06. The van der Waals surface area contributed by atoms with E-state index in [1.165, 1.54) is 64.2 Å². The van der Waals surface area contributed by atoms with Gasteiger partial charge in [0.1, 0.15) is 0 Å². The van der Waals surface area contributed by atoms with Crippen molar-refractivity contribution >= 4 is 11.9 Å². The van der Waals surface area contributed by atoms with Gasteiger partial charge < -0.3 is 19.5 Å². The molecule has 0 aromatic carbocycles. The van der Waals surface area contributed by atoms with Crippen LogP contribution in [0.2, 0.25) is 0 Å². The van der Waals surface area contributed by atoms with Crippen molar-refractivity contribution in [2.24, 2.45) is 0 Å². The van der Waals surface area contributed by atoms with E-state index < -0.39 is 0 Å². The molecule has 0 saturated carbocycles. The normalized spacial score (nSPS) is 11.3. The number of carbonyl (C=O) groups is 2. The predicted molar refractivity (Wildman–Crippen MR) is 172 cm³/mol. The van der Waals surface area contributed by atoms with Crippen molar-refractivity contribution in [3.05, 3.63) is 0 Å². The van der Waals surface area contributed by atoms with Crippen LogP contribution in [0.5, 0.6) is 0 Å². The van der Waals surface area contributed by atoms with Gasteiger partial charge in [0.05, 0.1) is 13.2 Å². The molecule has 0 aliphatic rings. The molecule has 0 rings (SSSR count). The average Bonchev–Trinajstić information content (AvgIpc) is 2.97. The molecule has 1 N–H and O–H groups in total. The Bertz CT molecular complexity index is 513. The zero-order valence-corrected chi connectivity index (χ0v) is 27.4. The number of hydrogen-bond donors (Lipinski definition) is 1. The summed E-state index contributed by atoms with van der Waals surface area (Å²) in [4.78, 5) is 26.2. The molecule has 0 unspecified atom stereocenters. The number of aliphatic hydroxyl groups excluding tert-OH is 1. The van der Waals surface area contributed by atoms with Gasteiger partial charge in [-0.05, 0) is 58.0 Å². The number of carbonyl (C=O) groups excluding carboxylic acids is 2. The van der Waals surface area contributed by atoms with Gasteiger partial charge in [0, 0.05) is 26.0 Å². The van der Waals surface area contributed by atoms with E-state index in [-0.39, 0.29) is 18.5 Å². The molecule has 0 spiro atoms. The summed E-state index contributed by atoms with van der Waals surface area (Å²) in [5, 5.41) is 9.26. The number of aliphatic hydroxyl groups is 1. The molecule has 0 atom stereocenters. The molecule has 41 heavy (non-hydrogen) atoms. The minimum Gasteiger partial charge on any atom is -0.466 e. The van der Waals surface area contributed by atoms with Crippen LogP contribution < -0.4 is 0 Å². The smallest absolute Gasteiger partial charge is 0.305 e. The average molecular weight is 584 g/mol. The molecular weight excluding hydrogens is 514 g/mol. The Labute approximate surface area is 254 Å². The van der Waals surface area contributed by atoms with E-state index in [2.05, 4.69) is 18.7 Å². The van der Waals surface area contributed by atoms with Crippen LogP contribution >= 0.6 is 0 Å². The maximum Gasteiger partial charge on any atom is 0.305 e. The number of rotatable bonds is 33. The molecule has 6 heteroatoms. The van der Waals surface area contributed by atoms with E-state index in [0.29, 0.717) is 26.1 Å². The minimum absolute atomic E-state index is 0.0320. The highest BCUT2D eigenvalue weighted by molar-refractivity contribution is 5.69. The molecule has 0 aliphatic carbocycles. The zero-order valence-electron chi connectivity index (χ0n) is 27.4. The molecule has 0 aliphatic heterocycles. The number of ether oxygens (including phenoxy) is 2. The zero-order chi connectivity index (χ0) is 30.1. The van der Waals surface area contributed by atoms with E-state index in [1.54, 1.807) is 0 Å². The fourth-order valence-corrected chi connectivity index (χ4v) is 5.18. The maximum atomic E-state index is 11.9. The van der Waals surface area contributed by atoms with E-state index in [0.717, 1.165) is 103 Å². The molecule has 0 heterocycles. The second-order valence-corrected chi connectivity index (χ2v) is 11.9. The molecule has 6 nitrogen and oxygen atoms in total. The third kappa shape index (κ3) is 31.6. The van der Waals surface area contributed by atoms with Crippen molar-refractivity contribution in [3.8, 4) is 0 Å². The molecule has 0 aromatic rings. The lowest BCUT2D eigenvalue weighted by Crippen LogP contribution is -2.28. The van der Waals surface area contributed by atoms with Crippen molar-refractivity contribution in [1.29, 1.82) is 0 Å². The highest BCUT2D eigenvalue weighted by atomic mass is 16.5. The van der Waals surface area contributed by atoms with Crippen molar-refractivity contribution in [2.45, 2.75) is 174 Å². The Morgan fingerprint density at radius 2 is 0.805 bits per heavy atom. The Balaban J connectivity index is 3.65. The summed E-state index contributed by atoms with van der Waals surface area (Å²) in [6.45, 7) is 8.89. The van der Waals surface area contributed by atoms with Crippen LogP contribution in [0.3, 0.4) is 0 Å². The summed E-state index contributed by atoms with van der Waals surface area (Å²) >= 11 is 0. The first-order chi connectivity index (χ1) is 20.1. The van der Waals surface area contributed by atoms with Crippen molar-refractivity contribution < 1.29 is 24.2 Å². The SMILES string of the molecule is CCCCCCCCCC(=O)OCCCCCCN(CCCO)CCCCCCOC(=O)CCCCCCCCC. The van der Waals surface area contributed by atoms with Crippen LogP contribution in [0, 0.1) is 0 Å². The van der Waals surface area contributed by atoms with E-state index in [4.69, 9.17) is 9.47 Å². The Morgan fingerprint density at radius 3 is 1.22 bits per heavy atom. The standard InChI is InChI=1S/C35H69NO5/c1-3-5-7-9-11-13-19-26-34(38)40-32-23-17-15-21-28-36(30-25-31-37)29-22-16-18-24-33-41-35(39)27-20-14-12-10-8-6-4-2/h37H,3-33H2,1-2H3. The van der Waals surface area contributed by atoms with Gasteiger partial charge in [-0.25, -0.2) is 0 Å². The molecule has 0 fully saturated rings. The first-order valence-corrected chi connectivity index (χ1v) is 17.8. The largest absolute Gasteiger partial charge is 0.466 e. The van der Waals surface area contributed by atoms with Crippen LogP contribution in [0.25, 0.3) is 0 Å². The van der Waals surface area contributed by atoms with Gasteiger partial charge in [-0.1, -0.05) is 117 Å². The number of hydrogen-bond acceptors (Lipinski definition) is 6. The molecule has 0 radical (unpaired) electrons. The summed E-state index contributed by atoms with van der Waals surface area (Å²) in [7, 11) is 0. The second-order valence-electron chi connectivity index (χ2n) is 11.9. The van der Waals surface area contributed by atoms with Gasteiger partial charge in [0.2, 0.25) is 0 Å². The highest BCUT2D eigenvalue weighted by Crippen LogP contribution is 2.11. The van der Waals surface area contributed by atoms with Gasteiger partial charge in [0.25, 0.3) is 0 Å². The quantitative estimate of drug-likeness (QED) is 0.0613. The minimum atomic E-state index is -0.0320. The van der Waals surface area contributed by atoms with Gasteiger partial charge >= 0.3 is 11.9 Å². The Hall–Kier alpha value is -1.14. The van der Waals surface area contributed by atoms with Gasteiger partial charge in [-0.15, -0.1) is 0 Å². The van der Waals surface area contributed by atoms with Gasteiger partial charge in [-0.3, -0.25) is 9.59 Å². The lowest BCUT2D eigenvalue weighted by molar-refractivity contribution is -0.144. The predicted octanol–water partition coefficient (Wildman–Crippen LogP) is 9.16. The Kier molecular flexibility index (Phi) is 32.4. The van der Waals surface area contributed by atoms with Crippen molar-refractivity contribution in [1.82, 2.24) is 4.90 Å². The molecule has 0 bridgehead atoms. The molecule has 0 saturated heterocycles. The lowest BCUT2D eigenvalue weighted by Gasteiger charge is -2.22. The number of unbranched alkanes of at least 4 members (excludes halogenated alkanes) is 18. The van der Waals surface area contributed by atoms with Crippen molar-refractivity contribution in [2.75, 3.05) is 39.5 Å². The van der Waals surface area contributed by atoms with Crippen LogP contribution in [0.4, 0.5) is 0 Å². The monoisotopic (exact) mass is 584 g/mol. The van der Waals surface area contributed by atoms with Crippen LogP contribution in [0.1, 0.15) is 174 Å². The van der Waals surface area contributed by atoms with Gasteiger partial charge in [0.15, 0.2) is 0 Å². The molecule has 0 aromatic heterocycles. The lowest BCUT2D eigenvalue weighted by atomic mass is 10.1. The van der Waals surface area contributed by atoms with E-state index in [1.807, 2.05) is 0 Å². The van der Waals surface area contributed by atoms with Crippen LogP contribution in [-0.4, -0.2) is 61.4 Å².